The average Bonchev–Trinajstić information content (AvgIpc) is 2.16. The van der Waals surface area contributed by atoms with Crippen molar-refractivity contribution in [2.45, 2.75) is 20.8 Å². The van der Waals surface area contributed by atoms with E-state index in [4.69, 9.17) is 7.85 Å². The Labute approximate surface area is 76.2 Å². The highest BCUT2D eigenvalue weighted by molar-refractivity contribution is 9.10. The third-order valence-corrected chi connectivity index (χ3v) is 2.63. The third kappa shape index (κ3) is 2.89. The Morgan fingerprint density at radius 1 is 1.50 bits per heavy atom. The van der Waals surface area contributed by atoms with Gasteiger partial charge in [0.15, 0.2) is 0 Å². The second-order valence-electron chi connectivity index (χ2n) is 1.57. The minimum Gasteiger partial charge on any atom is -0.156 e. The van der Waals surface area contributed by atoms with Gasteiger partial charge in [-0.2, -0.15) is 11.3 Å². The van der Waals surface area contributed by atoms with E-state index in [0.717, 1.165) is 9.25 Å². The summed E-state index contributed by atoms with van der Waals surface area (Å²) >= 11 is 4.90. The Kier molecular flexibility index (Phi) is 5.09. The van der Waals surface area contributed by atoms with Gasteiger partial charge in [-0.15, -0.1) is 0 Å². The first-order valence-corrected chi connectivity index (χ1v) is 4.82. The van der Waals surface area contributed by atoms with Crippen LogP contribution >= 0.6 is 27.3 Å². The number of aryl methyl sites for hydroxylation is 1. The van der Waals surface area contributed by atoms with Crippen molar-refractivity contribution in [2.75, 3.05) is 0 Å². The monoisotopic (exact) mass is 216 g/mol. The molecule has 1 rings (SSSR count). The van der Waals surface area contributed by atoms with Crippen LogP contribution in [0.25, 0.3) is 0 Å². The third-order valence-electron chi connectivity index (χ3n) is 0.836. The van der Waals surface area contributed by atoms with Crippen LogP contribution in [0, 0.1) is 6.92 Å². The maximum absolute atomic E-state index is 5.51. The molecule has 1 heterocycles. The summed E-state index contributed by atoms with van der Waals surface area (Å²) in [5, 5.41) is 0. The van der Waals surface area contributed by atoms with Gasteiger partial charge in [0.05, 0.1) is 0 Å². The van der Waals surface area contributed by atoms with Crippen LogP contribution in [0.3, 0.4) is 0 Å². The molecule has 1 aromatic rings. The summed E-state index contributed by atoms with van der Waals surface area (Å²) in [4.78, 5) is 1.24. The average molecular weight is 217 g/mol. The molecule has 0 nitrogen and oxygen atoms in total. The summed E-state index contributed by atoms with van der Waals surface area (Å²) in [6.07, 6.45) is 0. The molecule has 0 unspecified atom stereocenters. The Morgan fingerprint density at radius 2 is 2.00 bits per heavy atom. The number of thiophene rings is 1. The second kappa shape index (κ2) is 4.97. The highest BCUT2D eigenvalue weighted by atomic mass is 79.9. The molecule has 0 aliphatic carbocycles. The minimum atomic E-state index is 0.863. The SMILES string of the molecule is CC.[B]c1sc(C)cc1Br. The van der Waals surface area contributed by atoms with E-state index in [1.165, 1.54) is 4.88 Å². The first-order valence-electron chi connectivity index (χ1n) is 3.21. The number of halogens is 1. The van der Waals surface area contributed by atoms with Crippen LogP contribution in [-0.2, 0) is 0 Å². The Balaban J connectivity index is 0.000000371. The zero-order valence-corrected chi connectivity index (χ0v) is 8.84. The summed E-state index contributed by atoms with van der Waals surface area (Å²) in [7, 11) is 5.51. The topological polar surface area (TPSA) is 0 Å². The molecule has 2 radical (unpaired) electrons. The molecule has 0 amide bonds. The van der Waals surface area contributed by atoms with Crippen LogP contribution in [0.5, 0.6) is 0 Å². The molecule has 0 aliphatic rings. The summed E-state index contributed by atoms with van der Waals surface area (Å²) in [5.74, 6) is 0. The molecule has 0 saturated carbocycles. The Bertz CT molecular complexity index is 176. The maximum atomic E-state index is 5.51. The van der Waals surface area contributed by atoms with E-state index in [2.05, 4.69) is 15.9 Å². The second-order valence-corrected chi connectivity index (χ2v) is 3.71. The van der Waals surface area contributed by atoms with Crippen molar-refractivity contribution >= 4 is 39.9 Å². The predicted octanol–water partition coefficient (Wildman–Crippen LogP) is 2.64. The van der Waals surface area contributed by atoms with Crippen molar-refractivity contribution in [2.24, 2.45) is 0 Å². The normalized spacial score (nSPS) is 8.40. The zero-order valence-electron chi connectivity index (χ0n) is 6.44. The van der Waals surface area contributed by atoms with Gasteiger partial charge < -0.3 is 0 Å². The van der Waals surface area contributed by atoms with Crippen molar-refractivity contribution in [1.82, 2.24) is 0 Å². The van der Waals surface area contributed by atoms with Gasteiger partial charge in [0.25, 0.3) is 0 Å². The quantitative estimate of drug-likeness (QED) is 0.586. The smallest absolute Gasteiger partial charge is 0.130 e. The van der Waals surface area contributed by atoms with Crippen LogP contribution in [0.4, 0.5) is 0 Å². The van der Waals surface area contributed by atoms with Crippen LogP contribution in [0.1, 0.15) is 18.7 Å². The van der Waals surface area contributed by atoms with Gasteiger partial charge in [0.1, 0.15) is 7.85 Å². The van der Waals surface area contributed by atoms with E-state index in [-0.39, 0.29) is 0 Å². The number of rotatable bonds is 0. The lowest BCUT2D eigenvalue weighted by Gasteiger charge is -1.77. The van der Waals surface area contributed by atoms with E-state index in [1.807, 2.05) is 26.8 Å². The van der Waals surface area contributed by atoms with Crippen molar-refractivity contribution in [3.63, 3.8) is 0 Å². The van der Waals surface area contributed by atoms with Gasteiger partial charge in [-0.3, -0.25) is 0 Å². The van der Waals surface area contributed by atoms with Crippen molar-refractivity contribution < 1.29 is 0 Å². The molecule has 0 bridgehead atoms. The summed E-state index contributed by atoms with van der Waals surface area (Å²) in [5.41, 5.74) is 0. The molecule has 0 saturated heterocycles. The molecule has 10 heavy (non-hydrogen) atoms. The lowest BCUT2D eigenvalue weighted by molar-refractivity contribution is 1.50. The van der Waals surface area contributed by atoms with Crippen LogP contribution in [0.15, 0.2) is 10.5 Å². The van der Waals surface area contributed by atoms with E-state index < -0.39 is 0 Å². The largest absolute Gasteiger partial charge is 0.156 e. The first kappa shape index (κ1) is 10.2. The molecule has 1 aromatic heterocycles. The first-order chi connectivity index (χ1) is 4.70. The lowest BCUT2D eigenvalue weighted by atomic mass is 10.1. The molecular weight excluding hydrogens is 207 g/mol. The van der Waals surface area contributed by atoms with Crippen molar-refractivity contribution in [1.29, 1.82) is 0 Å². The van der Waals surface area contributed by atoms with Crippen LogP contribution < -0.4 is 4.78 Å². The summed E-state index contributed by atoms with van der Waals surface area (Å²) in [6, 6.07) is 2.01. The van der Waals surface area contributed by atoms with Gasteiger partial charge in [-0.05, 0) is 17.8 Å². The molecule has 0 atom stereocenters. The molecule has 0 spiro atoms. The Morgan fingerprint density at radius 3 is 2.10 bits per heavy atom. The molecule has 54 valence electrons. The maximum Gasteiger partial charge on any atom is 0.130 e. The van der Waals surface area contributed by atoms with E-state index in [0.29, 0.717) is 0 Å². The van der Waals surface area contributed by atoms with E-state index >= 15 is 0 Å². The van der Waals surface area contributed by atoms with E-state index in [1.54, 1.807) is 11.3 Å². The predicted molar refractivity (Wildman–Crippen MR) is 53.5 cm³/mol. The number of hydrogen-bond donors (Lipinski definition) is 0. The van der Waals surface area contributed by atoms with Gasteiger partial charge in [0.2, 0.25) is 0 Å². The summed E-state index contributed by atoms with van der Waals surface area (Å²) in [6.45, 7) is 6.03. The Hall–Kier alpha value is 0.245. The van der Waals surface area contributed by atoms with Gasteiger partial charge >= 0.3 is 0 Å². The fraction of sp³-hybridized carbons (Fsp3) is 0.429. The number of hydrogen-bond acceptors (Lipinski definition) is 1. The van der Waals surface area contributed by atoms with Crippen molar-refractivity contribution in [3.8, 4) is 0 Å². The van der Waals surface area contributed by atoms with Crippen molar-refractivity contribution in [3.05, 3.63) is 15.4 Å². The molecular formula is C7H10BBrS. The fourth-order valence-electron chi connectivity index (χ4n) is 0.501. The van der Waals surface area contributed by atoms with E-state index in [9.17, 15) is 0 Å². The molecule has 0 fully saturated rings. The molecule has 3 heteroatoms. The highest BCUT2D eigenvalue weighted by Crippen LogP contribution is 2.14. The van der Waals surface area contributed by atoms with Gasteiger partial charge in [-0.1, -0.05) is 29.8 Å². The van der Waals surface area contributed by atoms with Crippen LogP contribution in [-0.4, -0.2) is 7.85 Å². The highest BCUT2D eigenvalue weighted by Gasteiger charge is 1.95. The lowest BCUT2D eigenvalue weighted by Crippen LogP contribution is -1.92. The zero-order chi connectivity index (χ0) is 8.15. The van der Waals surface area contributed by atoms with Gasteiger partial charge in [0, 0.05) is 9.35 Å². The fourth-order valence-corrected chi connectivity index (χ4v) is 1.92. The standard InChI is InChI=1S/C5H4BBrS.C2H6/c1-3-2-4(7)5(6)8-3;1-2/h2H,1H3;1-2H3. The van der Waals surface area contributed by atoms with Crippen LogP contribution in [0.2, 0.25) is 0 Å². The summed E-state index contributed by atoms with van der Waals surface area (Å²) < 4.78 is 1.88. The molecule has 0 aromatic carbocycles. The minimum absolute atomic E-state index is 0.863. The van der Waals surface area contributed by atoms with Gasteiger partial charge in [-0.25, -0.2) is 0 Å². The molecule has 0 N–H and O–H groups in total. The molecule has 0 aliphatic heterocycles.